The minimum Gasteiger partial charge on any atom is -0.493 e. The summed E-state index contributed by atoms with van der Waals surface area (Å²) < 4.78 is 10.6. The van der Waals surface area contributed by atoms with Crippen molar-refractivity contribution >= 4 is 23.2 Å². The lowest BCUT2D eigenvalue weighted by atomic mass is 9.92. The van der Waals surface area contributed by atoms with Gasteiger partial charge in [0.15, 0.2) is 11.5 Å². The Bertz CT molecular complexity index is 970. The average molecular weight is 367 g/mol. The molecule has 0 aliphatic carbocycles. The van der Waals surface area contributed by atoms with Crippen LogP contribution in [0.5, 0.6) is 11.5 Å². The highest BCUT2D eigenvalue weighted by atomic mass is 16.5. The molecule has 7 nitrogen and oxygen atoms in total. The Morgan fingerprint density at radius 2 is 1.63 bits per heavy atom. The molecular weight excluding hydrogens is 346 g/mol. The number of carbonyl (C=O) groups is 2. The van der Waals surface area contributed by atoms with Crippen LogP contribution in [0.15, 0.2) is 30.3 Å². The molecule has 1 atom stereocenters. The van der Waals surface area contributed by atoms with Gasteiger partial charge in [0.05, 0.1) is 25.5 Å². The summed E-state index contributed by atoms with van der Waals surface area (Å²) in [5, 5.41) is 8.93. The first-order chi connectivity index (χ1) is 12.9. The summed E-state index contributed by atoms with van der Waals surface area (Å²) in [6.07, 6.45) is 0. The normalized spacial score (nSPS) is 19.9. The van der Waals surface area contributed by atoms with E-state index in [4.69, 9.17) is 9.47 Å². The lowest BCUT2D eigenvalue weighted by molar-refractivity contribution is -0.120. The number of benzene rings is 2. The van der Waals surface area contributed by atoms with Crippen LogP contribution in [0.1, 0.15) is 41.3 Å². The lowest BCUT2D eigenvalue weighted by Gasteiger charge is -2.36. The standard InChI is InChI=1S/C20H21N3O4/c1-10(2)11-5-6-14-13(7-11)20(19(25)21-14)22-15-9-17(27-4)16(26-3)8-12(15)18(24)23-20/h5-10,22H,1-4H3,(H,21,25)(H,23,24)/t20-/m0/s1. The van der Waals surface area contributed by atoms with Crippen molar-refractivity contribution in [3.05, 3.63) is 47.0 Å². The second kappa shape index (κ2) is 5.90. The number of amides is 2. The van der Waals surface area contributed by atoms with Gasteiger partial charge in [-0.3, -0.25) is 9.59 Å². The Hall–Kier alpha value is -3.22. The third kappa shape index (κ3) is 2.42. The molecule has 1 spiro atoms. The van der Waals surface area contributed by atoms with Crippen molar-refractivity contribution in [1.82, 2.24) is 5.32 Å². The molecule has 2 aliphatic heterocycles. The zero-order chi connectivity index (χ0) is 19.3. The third-order valence-electron chi connectivity index (χ3n) is 5.09. The SMILES string of the molecule is COc1cc2c(cc1OC)C(=O)N[C@]1(N2)C(=O)Nc2ccc(C(C)C)cc21. The van der Waals surface area contributed by atoms with Gasteiger partial charge in [-0.2, -0.15) is 0 Å². The van der Waals surface area contributed by atoms with Crippen LogP contribution >= 0.6 is 0 Å². The molecule has 0 bridgehead atoms. The number of anilines is 2. The van der Waals surface area contributed by atoms with Crippen LogP contribution in [-0.4, -0.2) is 26.0 Å². The second-order valence-electron chi connectivity index (χ2n) is 7.00. The van der Waals surface area contributed by atoms with E-state index in [1.165, 1.54) is 14.2 Å². The van der Waals surface area contributed by atoms with Crippen molar-refractivity contribution in [2.24, 2.45) is 0 Å². The molecule has 0 fully saturated rings. The molecule has 27 heavy (non-hydrogen) atoms. The summed E-state index contributed by atoms with van der Waals surface area (Å²) in [6, 6.07) is 9.08. The molecule has 2 aromatic carbocycles. The maximum atomic E-state index is 12.9. The summed E-state index contributed by atoms with van der Waals surface area (Å²) in [7, 11) is 3.03. The lowest BCUT2D eigenvalue weighted by Crippen LogP contribution is -2.59. The first kappa shape index (κ1) is 17.2. The fourth-order valence-corrected chi connectivity index (χ4v) is 3.57. The number of rotatable bonds is 3. The van der Waals surface area contributed by atoms with Crippen molar-refractivity contribution in [1.29, 1.82) is 0 Å². The number of ether oxygens (including phenoxy) is 2. The largest absolute Gasteiger partial charge is 0.493 e. The predicted molar refractivity (Wildman–Crippen MR) is 101 cm³/mol. The van der Waals surface area contributed by atoms with E-state index in [0.29, 0.717) is 39.9 Å². The second-order valence-corrected chi connectivity index (χ2v) is 7.00. The van der Waals surface area contributed by atoms with Crippen LogP contribution in [0.4, 0.5) is 11.4 Å². The molecule has 0 unspecified atom stereocenters. The zero-order valence-electron chi connectivity index (χ0n) is 15.6. The van der Waals surface area contributed by atoms with Crippen molar-refractivity contribution in [2.45, 2.75) is 25.4 Å². The summed E-state index contributed by atoms with van der Waals surface area (Å²) in [6.45, 7) is 4.16. The van der Waals surface area contributed by atoms with E-state index in [9.17, 15) is 9.59 Å². The predicted octanol–water partition coefficient (Wildman–Crippen LogP) is 2.79. The molecule has 2 heterocycles. The number of fused-ring (bicyclic) bond motifs is 3. The Balaban J connectivity index is 1.87. The fraction of sp³-hybridized carbons (Fsp3) is 0.300. The summed E-state index contributed by atoms with van der Waals surface area (Å²) in [4.78, 5) is 25.7. The smallest absolute Gasteiger partial charge is 0.275 e. The molecule has 2 aliphatic rings. The first-order valence-corrected chi connectivity index (χ1v) is 8.72. The van der Waals surface area contributed by atoms with E-state index in [0.717, 1.165) is 5.56 Å². The number of nitrogens with one attached hydrogen (secondary N) is 3. The summed E-state index contributed by atoms with van der Waals surface area (Å²) >= 11 is 0. The van der Waals surface area contributed by atoms with Gasteiger partial charge in [-0.25, -0.2) is 0 Å². The Morgan fingerprint density at radius 1 is 0.926 bits per heavy atom. The Labute approximate surface area is 157 Å². The molecule has 0 saturated heterocycles. The third-order valence-corrected chi connectivity index (χ3v) is 5.09. The van der Waals surface area contributed by atoms with Crippen LogP contribution in [0.2, 0.25) is 0 Å². The van der Waals surface area contributed by atoms with Gasteiger partial charge >= 0.3 is 0 Å². The molecule has 140 valence electrons. The van der Waals surface area contributed by atoms with Gasteiger partial charge in [0.1, 0.15) is 0 Å². The molecule has 2 amide bonds. The number of hydrogen-bond acceptors (Lipinski definition) is 5. The fourth-order valence-electron chi connectivity index (χ4n) is 3.57. The topological polar surface area (TPSA) is 88.7 Å². The quantitative estimate of drug-likeness (QED) is 0.776. The van der Waals surface area contributed by atoms with Gasteiger partial charge in [0.2, 0.25) is 5.66 Å². The van der Waals surface area contributed by atoms with Crippen molar-refractivity contribution in [3.63, 3.8) is 0 Å². The summed E-state index contributed by atoms with van der Waals surface area (Å²) in [5.41, 5.74) is 2.01. The Morgan fingerprint density at radius 3 is 2.30 bits per heavy atom. The molecule has 2 aromatic rings. The Kier molecular flexibility index (Phi) is 3.76. The molecule has 0 radical (unpaired) electrons. The van der Waals surface area contributed by atoms with Gasteiger partial charge in [-0.05, 0) is 29.7 Å². The highest BCUT2D eigenvalue weighted by Gasteiger charge is 2.51. The van der Waals surface area contributed by atoms with Crippen LogP contribution in [0, 0.1) is 0 Å². The van der Waals surface area contributed by atoms with E-state index < -0.39 is 5.66 Å². The number of carbonyl (C=O) groups excluding carboxylic acids is 2. The molecule has 4 rings (SSSR count). The molecule has 0 saturated carbocycles. The van der Waals surface area contributed by atoms with Crippen molar-refractivity contribution in [2.75, 3.05) is 24.9 Å². The maximum Gasteiger partial charge on any atom is 0.275 e. The van der Waals surface area contributed by atoms with Crippen LogP contribution in [0.3, 0.4) is 0 Å². The number of methoxy groups -OCH3 is 2. The van der Waals surface area contributed by atoms with Gasteiger partial charge in [0.25, 0.3) is 11.8 Å². The van der Waals surface area contributed by atoms with Crippen LogP contribution in [-0.2, 0) is 10.5 Å². The van der Waals surface area contributed by atoms with Gasteiger partial charge < -0.3 is 25.4 Å². The van der Waals surface area contributed by atoms with E-state index in [1.54, 1.807) is 12.1 Å². The molecule has 3 N–H and O–H groups in total. The monoisotopic (exact) mass is 367 g/mol. The molecular formula is C20H21N3O4. The van der Waals surface area contributed by atoms with Gasteiger partial charge in [0, 0.05) is 17.3 Å². The van der Waals surface area contributed by atoms with E-state index >= 15 is 0 Å². The van der Waals surface area contributed by atoms with Gasteiger partial charge in [-0.15, -0.1) is 0 Å². The molecule has 7 heteroatoms. The van der Waals surface area contributed by atoms with E-state index in [2.05, 4.69) is 29.8 Å². The first-order valence-electron chi connectivity index (χ1n) is 8.72. The van der Waals surface area contributed by atoms with Crippen LogP contribution in [0.25, 0.3) is 0 Å². The van der Waals surface area contributed by atoms with E-state index in [1.807, 2.05) is 18.2 Å². The van der Waals surface area contributed by atoms with Gasteiger partial charge in [-0.1, -0.05) is 19.9 Å². The number of hydrogen-bond donors (Lipinski definition) is 3. The molecule has 0 aromatic heterocycles. The zero-order valence-corrected chi connectivity index (χ0v) is 15.6. The summed E-state index contributed by atoms with van der Waals surface area (Å²) in [5.74, 6) is 0.527. The van der Waals surface area contributed by atoms with E-state index in [-0.39, 0.29) is 11.8 Å². The highest BCUT2D eigenvalue weighted by molar-refractivity contribution is 6.14. The minimum atomic E-state index is -1.36. The van der Waals surface area contributed by atoms with Crippen LogP contribution < -0.4 is 25.4 Å². The maximum absolute atomic E-state index is 12.9. The average Bonchev–Trinajstić information content (AvgIpc) is 2.91. The highest BCUT2D eigenvalue weighted by Crippen LogP contribution is 2.43. The van der Waals surface area contributed by atoms with Crippen molar-refractivity contribution < 1.29 is 19.1 Å². The minimum absolute atomic E-state index is 0.291. The van der Waals surface area contributed by atoms with Crippen molar-refractivity contribution in [3.8, 4) is 11.5 Å².